The molecule has 0 saturated carbocycles. The summed E-state index contributed by atoms with van der Waals surface area (Å²) < 4.78 is 65.6. The second-order valence-electron chi connectivity index (χ2n) is 5.10. The molecule has 0 aliphatic carbocycles. The van der Waals surface area contributed by atoms with E-state index in [1.807, 2.05) is 0 Å². The van der Waals surface area contributed by atoms with Crippen molar-refractivity contribution in [3.05, 3.63) is 70.5 Å². The van der Waals surface area contributed by atoms with Crippen molar-refractivity contribution in [2.24, 2.45) is 0 Å². The molecule has 0 aliphatic rings. The predicted molar refractivity (Wildman–Crippen MR) is 74.6 cm³/mol. The number of halogens is 5. The van der Waals surface area contributed by atoms with Crippen LogP contribution >= 0.6 is 0 Å². The van der Waals surface area contributed by atoms with Crippen LogP contribution in [0.1, 0.15) is 28.9 Å². The molecule has 1 amide bonds. The van der Waals surface area contributed by atoms with E-state index in [0.717, 1.165) is 24.3 Å². The molecule has 2 N–H and O–H groups in total. The van der Waals surface area contributed by atoms with Crippen molar-refractivity contribution in [2.75, 3.05) is 0 Å². The van der Waals surface area contributed by atoms with Crippen molar-refractivity contribution in [3.8, 4) is 0 Å². The first-order valence-electron chi connectivity index (χ1n) is 6.79. The quantitative estimate of drug-likeness (QED) is 0.660. The summed E-state index contributed by atoms with van der Waals surface area (Å²) in [6, 6.07) is 2.96. The van der Waals surface area contributed by atoms with Crippen molar-refractivity contribution in [1.29, 1.82) is 0 Å². The van der Waals surface area contributed by atoms with Gasteiger partial charge in [-0.2, -0.15) is 0 Å². The number of aliphatic hydroxyl groups is 1. The van der Waals surface area contributed by atoms with E-state index in [1.54, 1.807) is 0 Å². The van der Waals surface area contributed by atoms with E-state index in [-0.39, 0.29) is 5.56 Å². The average Bonchev–Trinajstić information content (AvgIpc) is 2.54. The largest absolute Gasteiger partial charge is 0.386 e. The Morgan fingerprint density at radius 2 is 1.58 bits per heavy atom. The minimum atomic E-state index is -1.79. The molecule has 2 rings (SSSR count). The Hall–Kier alpha value is -2.48. The summed E-state index contributed by atoms with van der Waals surface area (Å²) >= 11 is 0. The van der Waals surface area contributed by atoms with E-state index in [1.165, 1.54) is 6.92 Å². The van der Waals surface area contributed by atoms with Gasteiger partial charge in [-0.05, 0) is 36.8 Å². The number of carbonyl (C=O) groups excluding carboxylic acids is 1. The van der Waals surface area contributed by atoms with Crippen LogP contribution in [0.15, 0.2) is 30.3 Å². The third kappa shape index (κ3) is 3.53. The number of rotatable bonds is 4. The van der Waals surface area contributed by atoms with Crippen LogP contribution in [0, 0.1) is 29.1 Å². The third-order valence-corrected chi connectivity index (χ3v) is 3.40. The number of hydrogen-bond donors (Lipinski definition) is 2. The summed E-state index contributed by atoms with van der Waals surface area (Å²) in [7, 11) is 0. The van der Waals surface area contributed by atoms with Crippen molar-refractivity contribution in [3.63, 3.8) is 0 Å². The van der Waals surface area contributed by atoms with E-state index in [4.69, 9.17) is 0 Å². The van der Waals surface area contributed by atoms with Crippen LogP contribution in [0.3, 0.4) is 0 Å². The number of nitrogens with one attached hydrogen (secondary N) is 1. The fraction of sp³-hybridized carbons (Fsp3) is 0.188. The maximum absolute atomic E-state index is 13.6. The fourth-order valence-electron chi connectivity index (χ4n) is 2.05. The van der Waals surface area contributed by atoms with Gasteiger partial charge in [-0.25, -0.2) is 22.0 Å². The van der Waals surface area contributed by atoms with Crippen LogP contribution in [0.5, 0.6) is 0 Å². The Morgan fingerprint density at radius 1 is 0.958 bits per heavy atom. The predicted octanol–water partition coefficient (Wildman–Crippen LogP) is 3.23. The molecule has 24 heavy (non-hydrogen) atoms. The zero-order valence-corrected chi connectivity index (χ0v) is 12.3. The first kappa shape index (κ1) is 17.9. The van der Waals surface area contributed by atoms with Crippen LogP contribution < -0.4 is 5.32 Å². The smallest absolute Gasteiger partial charge is 0.254 e. The standard InChI is InChI=1S/C16H12F5NO2/c1-7(15(23)8-2-4-10(17)12(19)6-8)22-16(24)9-3-5-11(18)14(21)13(9)20/h2-7,15,23H,1H3,(H,22,24). The lowest BCUT2D eigenvalue weighted by molar-refractivity contribution is 0.0846. The summed E-state index contributed by atoms with van der Waals surface area (Å²) in [5, 5.41) is 12.2. The maximum Gasteiger partial charge on any atom is 0.254 e. The molecule has 2 aromatic carbocycles. The van der Waals surface area contributed by atoms with Gasteiger partial charge in [0.15, 0.2) is 29.1 Å². The summed E-state index contributed by atoms with van der Waals surface area (Å²) in [5.74, 6) is -8.29. The lowest BCUT2D eigenvalue weighted by Crippen LogP contribution is -2.37. The summed E-state index contributed by atoms with van der Waals surface area (Å²) in [4.78, 5) is 11.9. The average molecular weight is 345 g/mol. The molecule has 0 bridgehead atoms. The molecule has 128 valence electrons. The van der Waals surface area contributed by atoms with Crippen molar-refractivity contribution in [2.45, 2.75) is 19.1 Å². The Bertz CT molecular complexity index is 781. The highest BCUT2D eigenvalue weighted by atomic mass is 19.2. The molecular weight excluding hydrogens is 333 g/mol. The van der Waals surface area contributed by atoms with Gasteiger partial charge in [0.2, 0.25) is 0 Å². The Balaban J connectivity index is 2.16. The lowest BCUT2D eigenvalue weighted by atomic mass is 10.0. The summed E-state index contributed by atoms with van der Waals surface area (Å²) in [6.07, 6.45) is -1.43. The van der Waals surface area contributed by atoms with Gasteiger partial charge in [0.05, 0.1) is 17.7 Å². The van der Waals surface area contributed by atoms with E-state index in [9.17, 15) is 31.9 Å². The Kier molecular flexibility index (Phi) is 5.18. The monoisotopic (exact) mass is 345 g/mol. The highest BCUT2D eigenvalue weighted by Gasteiger charge is 2.23. The first-order chi connectivity index (χ1) is 11.2. The van der Waals surface area contributed by atoms with Crippen LogP contribution in [0.25, 0.3) is 0 Å². The van der Waals surface area contributed by atoms with Gasteiger partial charge in [-0.1, -0.05) is 6.07 Å². The molecule has 0 fully saturated rings. The van der Waals surface area contributed by atoms with Gasteiger partial charge in [0.1, 0.15) is 0 Å². The summed E-state index contributed by atoms with van der Waals surface area (Å²) in [6.45, 7) is 1.32. The highest BCUT2D eigenvalue weighted by molar-refractivity contribution is 5.94. The Morgan fingerprint density at radius 3 is 2.21 bits per heavy atom. The van der Waals surface area contributed by atoms with E-state index >= 15 is 0 Å². The SMILES string of the molecule is CC(NC(=O)c1ccc(F)c(F)c1F)C(O)c1ccc(F)c(F)c1. The number of benzene rings is 2. The zero-order chi connectivity index (χ0) is 18.0. The minimum absolute atomic E-state index is 0.0209. The van der Waals surface area contributed by atoms with Crippen molar-refractivity contribution >= 4 is 5.91 Å². The fourth-order valence-corrected chi connectivity index (χ4v) is 2.05. The van der Waals surface area contributed by atoms with Crippen molar-refractivity contribution in [1.82, 2.24) is 5.32 Å². The number of carbonyl (C=O) groups is 1. The van der Waals surface area contributed by atoms with Gasteiger partial charge >= 0.3 is 0 Å². The number of hydrogen-bond acceptors (Lipinski definition) is 2. The Labute approximate surface area is 133 Å². The molecule has 0 spiro atoms. The third-order valence-electron chi connectivity index (χ3n) is 3.40. The maximum atomic E-state index is 13.6. The van der Waals surface area contributed by atoms with Gasteiger partial charge in [0, 0.05) is 0 Å². The molecule has 2 atom stereocenters. The molecule has 0 aliphatic heterocycles. The second-order valence-corrected chi connectivity index (χ2v) is 5.10. The van der Waals surface area contributed by atoms with Crippen LogP contribution in [-0.4, -0.2) is 17.1 Å². The molecule has 0 heterocycles. The number of aliphatic hydroxyl groups excluding tert-OH is 1. The molecule has 2 unspecified atom stereocenters. The zero-order valence-electron chi connectivity index (χ0n) is 12.3. The van der Waals surface area contributed by atoms with Crippen LogP contribution in [0.2, 0.25) is 0 Å². The topological polar surface area (TPSA) is 49.3 Å². The van der Waals surface area contributed by atoms with Crippen LogP contribution in [-0.2, 0) is 0 Å². The van der Waals surface area contributed by atoms with E-state index in [2.05, 4.69) is 5.32 Å². The van der Waals surface area contributed by atoms with E-state index in [0.29, 0.717) is 6.07 Å². The molecule has 8 heteroatoms. The molecule has 2 aromatic rings. The lowest BCUT2D eigenvalue weighted by Gasteiger charge is -2.21. The summed E-state index contributed by atoms with van der Waals surface area (Å²) in [5.41, 5.74) is -0.773. The highest BCUT2D eigenvalue weighted by Crippen LogP contribution is 2.20. The normalized spacial score (nSPS) is 13.5. The molecular formula is C16H12F5NO2. The van der Waals surface area contributed by atoms with Gasteiger partial charge in [-0.3, -0.25) is 4.79 Å². The van der Waals surface area contributed by atoms with Crippen molar-refractivity contribution < 1.29 is 31.9 Å². The molecule has 0 aromatic heterocycles. The van der Waals surface area contributed by atoms with E-state index < -0.39 is 52.7 Å². The number of amides is 1. The van der Waals surface area contributed by atoms with Gasteiger partial charge < -0.3 is 10.4 Å². The van der Waals surface area contributed by atoms with Crippen LogP contribution in [0.4, 0.5) is 22.0 Å². The first-order valence-corrected chi connectivity index (χ1v) is 6.79. The molecule has 0 radical (unpaired) electrons. The van der Waals surface area contributed by atoms with Gasteiger partial charge in [-0.15, -0.1) is 0 Å². The molecule has 3 nitrogen and oxygen atoms in total. The molecule has 0 saturated heterocycles. The minimum Gasteiger partial charge on any atom is -0.386 e. The van der Waals surface area contributed by atoms with Gasteiger partial charge in [0.25, 0.3) is 5.91 Å². The second kappa shape index (κ2) is 6.96.